The Labute approximate surface area is 221 Å². The molecule has 4 rings (SSSR count). The number of thiophene rings is 1. The van der Waals surface area contributed by atoms with Crippen LogP contribution in [0.2, 0.25) is 0 Å². The third-order valence-electron chi connectivity index (χ3n) is 6.04. The van der Waals surface area contributed by atoms with Crippen molar-refractivity contribution in [2.24, 2.45) is 0 Å². The Morgan fingerprint density at radius 2 is 1.72 bits per heavy atom. The third kappa shape index (κ3) is 6.61. The van der Waals surface area contributed by atoms with Crippen LogP contribution in [-0.4, -0.2) is 54.1 Å². The largest absolute Gasteiger partial charge is 0.491 e. The first-order chi connectivity index (χ1) is 17.4. The molecule has 188 valence electrons. The number of nitrogens with one attached hydrogen (secondary N) is 2. The van der Waals surface area contributed by atoms with Gasteiger partial charge in [0.05, 0.1) is 11.0 Å². The molecule has 0 radical (unpaired) electrons. The minimum absolute atomic E-state index is 0.107. The van der Waals surface area contributed by atoms with Gasteiger partial charge in [0.25, 0.3) is 11.8 Å². The van der Waals surface area contributed by atoms with Crippen molar-refractivity contribution in [1.29, 1.82) is 0 Å². The first-order valence-electron chi connectivity index (χ1n) is 12.0. The average Bonchev–Trinajstić information content (AvgIpc) is 3.44. The summed E-state index contributed by atoms with van der Waals surface area (Å²) in [6.07, 6.45) is 1.04. The molecule has 3 aromatic rings. The van der Waals surface area contributed by atoms with Crippen molar-refractivity contribution in [1.82, 2.24) is 10.2 Å². The van der Waals surface area contributed by atoms with E-state index in [0.29, 0.717) is 18.7 Å². The number of benzene rings is 2. The van der Waals surface area contributed by atoms with Gasteiger partial charge in [-0.1, -0.05) is 13.0 Å². The minimum atomic E-state index is -0.283. The van der Waals surface area contributed by atoms with Crippen LogP contribution in [0.1, 0.15) is 40.3 Å². The standard InChI is InChI=1S/C27H30N4O3S2/c1-3-19(2)34-23-12-6-20(7-13-23)25(32)29-27(35)28-21-8-10-22(11-9-21)30-14-16-31(17-15-30)26(33)24-5-4-18-36-24/h4-13,18-19H,3,14-17H2,1-2H3,(H2,28,29,32,35)/t19-/m1/s1. The predicted molar refractivity (Wildman–Crippen MR) is 149 cm³/mol. The van der Waals surface area contributed by atoms with E-state index in [2.05, 4.69) is 22.5 Å². The second-order valence-electron chi connectivity index (χ2n) is 8.57. The van der Waals surface area contributed by atoms with Gasteiger partial charge in [-0.25, -0.2) is 0 Å². The Balaban J connectivity index is 1.25. The molecule has 2 aromatic carbocycles. The summed E-state index contributed by atoms with van der Waals surface area (Å²) in [5.74, 6) is 0.557. The number of thiocarbonyl (C=S) groups is 1. The number of carbonyl (C=O) groups excluding carboxylic acids is 2. The molecule has 2 amide bonds. The van der Waals surface area contributed by atoms with E-state index < -0.39 is 0 Å². The molecule has 1 aromatic heterocycles. The normalized spacial score (nSPS) is 14.2. The minimum Gasteiger partial charge on any atom is -0.491 e. The summed E-state index contributed by atoms with van der Waals surface area (Å²) in [5, 5.41) is 7.93. The van der Waals surface area contributed by atoms with Gasteiger partial charge in [0.15, 0.2) is 5.11 Å². The molecule has 1 atom stereocenters. The maximum Gasteiger partial charge on any atom is 0.264 e. The summed E-state index contributed by atoms with van der Waals surface area (Å²) in [5.41, 5.74) is 2.37. The molecule has 0 bridgehead atoms. The summed E-state index contributed by atoms with van der Waals surface area (Å²) in [6, 6.07) is 18.7. The molecule has 9 heteroatoms. The van der Waals surface area contributed by atoms with Crippen LogP contribution < -0.4 is 20.3 Å². The molecule has 0 aliphatic carbocycles. The number of ether oxygens (including phenoxy) is 1. The number of hydrogen-bond acceptors (Lipinski definition) is 6. The third-order valence-corrected chi connectivity index (χ3v) is 7.11. The second-order valence-corrected chi connectivity index (χ2v) is 9.93. The fourth-order valence-electron chi connectivity index (χ4n) is 3.82. The summed E-state index contributed by atoms with van der Waals surface area (Å²) < 4.78 is 5.75. The van der Waals surface area contributed by atoms with Gasteiger partial charge in [-0.2, -0.15) is 0 Å². The van der Waals surface area contributed by atoms with Crippen molar-refractivity contribution >= 4 is 51.9 Å². The zero-order valence-corrected chi connectivity index (χ0v) is 22.0. The fourth-order valence-corrected chi connectivity index (χ4v) is 4.72. The lowest BCUT2D eigenvalue weighted by atomic mass is 10.2. The van der Waals surface area contributed by atoms with Gasteiger partial charge >= 0.3 is 0 Å². The molecule has 1 aliphatic heterocycles. The highest BCUT2D eigenvalue weighted by atomic mass is 32.1. The van der Waals surface area contributed by atoms with Crippen molar-refractivity contribution in [3.05, 3.63) is 76.5 Å². The van der Waals surface area contributed by atoms with Crippen molar-refractivity contribution in [3.63, 3.8) is 0 Å². The molecular formula is C27H30N4O3S2. The van der Waals surface area contributed by atoms with Gasteiger partial charge in [-0.15, -0.1) is 11.3 Å². The van der Waals surface area contributed by atoms with Gasteiger partial charge in [0.2, 0.25) is 0 Å². The lowest BCUT2D eigenvalue weighted by molar-refractivity contribution is 0.0751. The first-order valence-corrected chi connectivity index (χ1v) is 13.3. The van der Waals surface area contributed by atoms with E-state index in [1.165, 1.54) is 11.3 Å². The van der Waals surface area contributed by atoms with E-state index in [0.717, 1.165) is 41.5 Å². The number of carbonyl (C=O) groups is 2. The Kier molecular flexibility index (Phi) is 8.56. The van der Waals surface area contributed by atoms with E-state index >= 15 is 0 Å². The van der Waals surface area contributed by atoms with Gasteiger partial charge in [-0.05, 0) is 85.5 Å². The smallest absolute Gasteiger partial charge is 0.264 e. The molecule has 2 N–H and O–H groups in total. The number of amides is 2. The second kappa shape index (κ2) is 12.0. The van der Waals surface area contributed by atoms with E-state index in [1.807, 2.05) is 53.6 Å². The Morgan fingerprint density at radius 1 is 1.03 bits per heavy atom. The van der Waals surface area contributed by atoms with Crippen molar-refractivity contribution in [2.75, 3.05) is 36.4 Å². The maximum absolute atomic E-state index is 12.5. The van der Waals surface area contributed by atoms with E-state index in [-0.39, 0.29) is 23.0 Å². The number of nitrogens with zero attached hydrogens (tertiary/aromatic N) is 2. The molecule has 1 fully saturated rings. The Hall–Kier alpha value is -3.43. The molecular weight excluding hydrogens is 492 g/mol. The summed E-state index contributed by atoms with van der Waals surface area (Å²) >= 11 is 6.81. The number of hydrogen-bond donors (Lipinski definition) is 2. The highest BCUT2D eigenvalue weighted by Crippen LogP contribution is 2.21. The molecule has 0 spiro atoms. The number of rotatable bonds is 7. The van der Waals surface area contributed by atoms with Gasteiger partial charge in [0.1, 0.15) is 5.75 Å². The zero-order chi connectivity index (χ0) is 25.5. The van der Waals surface area contributed by atoms with E-state index in [9.17, 15) is 9.59 Å². The first kappa shape index (κ1) is 25.7. The lowest BCUT2D eigenvalue weighted by Gasteiger charge is -2.36. The number of piperazine rings is 1. The molecule has 1 saturated heterocycles. The average molecular weight is 523 g/mol. The lowest BCUT2D eigenvalue weighted by Crippen LogP contribution is -2.48. The SMILES string of the molecule is CC[C@@H](C)Oc1ccc(C(=O)NC(=S)Nc2ccc(N3CCN(C(=O)c4cccs4)CC3)cc2)cc1. The van der Waals surface area contributed by atoms with Crippen LogP contribution in [0.4, 0.5) is 11.4 Å². The van der Waals surface area contributed by atoms with Crippen molar-refractivity contribution in [3.8, 4) is 5.75 Å². The van der Waals surface area contributed by atoms with Crippen LogP contribution in [-0.2, 0) is 0 Å². The van der Waals surface area contributed by atoms with Crippen LogP contribution in [0.5, 0.6) is 5.75 Å². The van der Waals surface area contributed by atoms with E-state index in [1.54, 1.807) is 24.3 Å². The summed E-state index contributed by atoms with van der Waals surface area (Å²) in [6.45, 7) is 7.01. The van der Waals surface area contributed by atoms with Crippen LogP contribution >= 0.6 is 23.6 Å². The molecule has 0 unspecified atom stereocenters. The molecule has 1 aliphatic rings. The van der Waals surface area contributed by atoms with Crippen LogP contribution in [0, 0.1) is 0 Å². The van der Waals surface area contributed by atoms with Crippen molar-refractivity contribution < 1.29 is 14.3 Å². The molecule has 7 nitrogen and oxygen atoms in total. The van der Waals surface area contributed by atoms with Crippen LogP contribution in [0.15, 0.2) is 66.0 Å². The number of anilines is 2. The Morgan fingerprint density at radius 3 is 2.33 bits per heavy atom. The van der Waals surface area contributed by atoms with Gasteiger partial charge in [-0.3, -0.25) is 14.9 Å². The van der Waals surface area contributed by atoms with Crippen molar-refractivity contribution in [2.45, 2.75) is 26.4 Å². The Bertz CT molecular complexity index is 1170. The highest BCUT2D eigenvalue weighted by molar-refractivity contribution is 7.80. The fraction of sp³-hybridized carbons (Fsp3) is 0.296. The van der Waals surface area contributed by atoms with Crippen LogP contribution in [0.3, 0.4) is 0 Å². The quantitative estimate of drug-likeness (QED) is 0.425. The van der Waals surface area contributed by atoms with Gasteiger partial charge < -0.3 is 19.9 Å². The summed E-state index contributed by atoms with van der Waals surface area (Å²) in [4.78, 5) is 30.0. The molecule has 0 saturated carbocycles. The summed E-state index contributed by atoms with van der Waals surface area (Å²) in [7, 11) is 0. The van der Waals surface area contributed by atoms with Crippen LogP contribution in [0.25, 0.3) is 0 Å². The predicted octanol–water partition coefficient (Wildman–Crippen LogP) is 5.01. The topological polar surface area (TPSA) is 73.9 Å². The molecule has 2 heterocycles. The zero-order valence-electron chi connectivity index (χ0n) is 20.4. The molecule has 36 heavy (non-hydrogen) atoms. The van der Waals surface area contributed by atoms with E-state index in [4.69, 9.17) is 17.0 Å². The monoisotopic (exact) mass is 522 g/mol. The maximum atomic E-state index is 12.5. The van der Waals surface area contributed by atoms with Gasteiger partial charge in [0, 0.05) is 43.1 Å². The highest BCUT2D eigenvalue weighted by Gasteiger charge is 2.22.